The summed E-state index contributed by atoms with van der Waals surface area (Å²) in [6.45, 7) is 0. The Balaban J connectivity index is 2.42. The fourth-order valence-corrected chi connectivity index (χ4v) is 1.78. The summed E-state index contributed by atoms with van der Waals surface area (Å²) in [7, 11) is 0. The molecule has 0 heterocycles. The third-order valence-corrected chi connectivity index (χ3v) is 2.76. The van der Waals surface area contributed by atoms with Crippen LogP contribution in [0, 0.1) is 23.0 Å². The van der Waals surface area contributed by atoms with E-state index in [0.717, 1.165) is 0 Å². The molecule has 0 fully saturated rings. The van der Waals surface area contributed by atoms with Gasteiger partial charge in [-0.15, -0.1) is 11.6 Å². The Kier molecular flexibility index (Phi) is 3.98. The van der Waals surface area contributed by atoms with Crippen molar-refractivity contribution in [3.63, 3.8) is 0 Å². The van der Waals surface area contributed by atoms with Crippen LogP contribution in [0.15, 0.2) is 36.4 Å². The van der Waals surface area contributed by atoms with Gasteiger partial charge in [-0.05, 0) is 30.3 Å². The Morgan fingerprint density at radius 2 is 1.95 bits per heavy atom. The van der Waals surface area contributed by atoms with Crippen LogP contribution in [0.1, 0.15) is 11.1 Å². The fourth-order valence-electron chi connectivity index (χ4n) is 1.57. The zero-order valence-corrected chi connectivity index (χ0v) is 10.4. The van der Waals surface area contributed by atoms with Crippen LogP contribution in [0.2, 0.25) is 0 Å². The number of ether oxygens (including phenoxy) is 1. The lowest BCUT2D eigenvalue weighted by Gasteiger charge is -2.11. The fraction of sp³-hybridized carbons (Fsp3) is 0.0714. The molecule has 2 rings (SSSR count). The number of nitriles is 1. The van der Waals surface area contributed by atoms with Gasteiger partial charge < -0.3 is 4.74 Å². The topological polar surface area (TPSA) is 33.0 Å². The second-order valence-electron chi connectivity index (χ2n) is 3.71. The van der Waals surface area contributed by atoms with E-state index in [4.69, 9.17) is 21.6 Å². The van der Waals surface area contributed by atoms with E-state index < -0.39 is 11.6 Å². The minimum absolute atomic E-state index is 0.0459. The highest BCUT2D eigenvalue weighted by atomic mass is 35.5. The molecule has 0 aromatic heterocycles. The van der Waals surface area contributed by atoms with Crippen molar-refractivity contribution in [2.75, 3.05) is 0 Å². The molecule has 96 valence electrons. The Morgan fingerprint density at radius 3 is 2.63 bits per heavy atom. The van der Waals surface area contributed by atoms with Gasteiger partial charge in [0, 0.05) is 5.56 Å². The van der Waals surface area contributed by atoms with Crippen LogP contribution in [-0.4, -0.2) is 0 Å². The Hall–Kier alpha value is -2.12. The maximum absolute atomic E-state index is 13.4. The highest BCUT2D eigenvalue weighted by molar-refractivity contribution is 6.17. The summed E-state index contributed by atoms with van der Waals surface area (Å²) in [5, 5.41) is 8.89. The van der Waals surface area contributed by atoms with E-state index in [1.54, 1.807) is 6.07 Å². The molecule has 0 aliphatic heterocycles. The molecule has 5 heteroatoms. The quantitative estimate of drug-likeness (QED) is 0.782. The molecule has 0 spiro atoms. The first-order valence-corrected chi connectivity index (χ1v) is 5.90. The van der Waals surface area contributed by atoms with Crippen molar-refractivity contribution in [1.82, 2.24) is 0 Å². The number of rotatable bonds is 3. The number of hydrogen-bond donors (Lipinski definition) is 0. The number of alkyl halides is 1. The summed E-state index contributed by atoms with van der Waals surface area (Å²) in [5.74, 6) is -0.708. The van der Waals surface area contributed by atoms with Crippen molar-refractivity contribution in [3.05, 3.63) is 59.2 Å². The average Bonchev–Trinajstić information content (AvgIpc) is 2.41. The molecule has 2 nitrogen and oxygen atoms in total. The molecule has 0 amide bonds. The molecule has 0 saturated heterocycles. The number of halogens is 3. The second kappa shape index (κ2) is 5.68. The monoisotopic (exact) mass is 279 g/mol. The lowest BCUT2D eigenvalue weighted by atomic mass is 10.2. The van der Waals surface area contributed by atoms with Crippen LogP contribution in [0.3, 0.4) is 0 Å². The predicted octanol–water partition coefficient (Wildman–Crippen LogP) is 4.37. The van der Waals surface area contributed by atoms with Gasteiger partial charge in [-0.3, -0.25) is 0 Å². The Morgan fingerprint density at radius 1 is 1.16 bits per heavy atom. The first-order valence-electron chi connectivity index (χ1n) is 5.36. The van der Waals surface area contributed by atoms with Gasteiger partial charge in [0.05, 0.1) is 5.88 Å². The molecule has 2 aromatic carbocycles. The molecule has 0 bridgehead atoms. The summed E-state index contributed by atoms with van der Waals surface area (Å²) < 4.78 is 31.9. The maximum atomic E-state index is 13.4. The SMILES string of the molecule is N#Cc1c(F)cccc1Oc1ccc(F)cc1CCl. The van der Waals surface area contributed by atoms with Crippen molar-refractivity contribution >= 4 is 11.6 Å². The molecular formula is C14H8ClF2NO. The van der Waals surface area contributed by atoms with Crippen LogP contribution < -0.4 is 4.74 Å². The van der Waals surface area contributed by atoms with Gasteiger partial charge in [0.25, 0.3) is 0 Å². The summed E-state index contributed by atoms with van der Waals surface area (Å²) in [4.78, 5) is 0. The minimum Gasteiger partial charge on any atom is -0.456 e. The number of hydrogen-bond acceptors (Lipinski definition) is 2. The van der Waals surface area contributed by atoms with Crippen LogP contribution in [-0.2, 0) is 5.88 Å². The molecule has 0 radical (unpaired) electrons. The van der Waals surface area contributed by atoms with Gasteiger partial charge in [-0.2, -0.15) is 5.26 Å². The maximum Gasteiger partial charge on any atom is 0.148 e. The van der Waals surface area contributed by atoms with Crippen LogP contribution in [0.4, 0.5) is 8.78 Å². The van der Waals surface area contributed by atoms with Crippen molar-refractivity contribution < 1.29 is 13.5 Å². The molecule has 0 saturated carbocycles. The largest absolute Gasteiger partial charge is 0.456 e. The lowest BCUT2D eigenvalue weighted by molar-refractivity contribution is 0.468. The van der Waals surface area contributed by atoms with Gasteiger partial charge in [0.1, 0.15) is 34.8 Å². The minimum atomic E-state index is -0.672. The summed E-state index contributed by atoms with van der Waals surface area (Å²) >= 11 is 5.69. The van der Waals surface area contributed by atoms with E-state index in [9.17, 15) is 8.78 Å². The summed E-state index contributed by atoms with van der Waals surface area (Å²) in [6, 6.07) is 9.60. The second-order valence-corrected chi connectivity index (χ2v) is 3.98. The van der Waals surface area contributed by atoms with Crippen molar-refractivity contribution in [2.24, 2.45) is 0 Å². The Bertz CT molecular complexity index is 652. The van der Waals surface area contributed by atoms with Crippen molar-refractivity contribution in [3.8, 4) is 17.6 Å². The molecule has 0 unspecified atom stereocenters. The zero-order valence-electron chi connectivity index (χ0n) is 9.66. The number of benzene rings is 2. The molecule has 0 N–H and O–H groups in total. The van der Waals surface area contributed by atoms with Crippen LogP contribution >= 0.6 is 11.6 Å². The molecule has 2 aromatic rings. The summed E-state index contributed by atoms with van der Waals surface area (Å²) in [6.07, 6.45) is 0. The van der Waals surface area contributed by atoms with Gasteiger partial charge in [0.2, 0.25) is 0 Å². The van der Waals surface area contributed by atoms with E-state index in [-0.39, 0.29) is 17.2 Å². The van der Waals surface area contributed by atoms with Crippen LogP contribution in [0.25, 0.3) is 0 Å². The van der Waals surface area contributed by atoms with E-state index >= 15 is 0 Å². The van der Waals surface area contributed by atoms with Crippen molar-refractivity contribution in [1.29, 1.82) is 5.26 Å². The third kappa shape index (κ3) is 2.83. The standard InChI is InChI=1S/C14H8ClF2NO/c15-7-9-6-10(16)4-5-13(9)19-14-3-1-2-12(17)11(14)8-18/h1-6H,7H2. The first-order chi connectivity index (χ1) is 9.15. The molecule has 19 heavy (non-hydrogen) atoms. The van der Waals surface area contributed by atoms with Gasteiger partial charge in [0.15, 0.2) is 0 Å². The molecule has 0 atom stereocenters. The molecule has 0 aliphatic carbocycles. The normalized spacial score (nSPS) is 10.0. The first kappa shape index (κ1) is 13.3. The van der Waals surface area contributed by atoms with Gasteiger partial charge in [-0.25, -0.2) is 8.78 Å². The smallest absolute Gasteiger partial charge is 0.148 e. The number of nitrogens with zero attached hydrogens (tertiary/aromatic N) is 1. The Labute approximate surface area is 113 Å². The predicted molar refractivity (Wildman–Crippen MR) is 67.1 cm³/mol. The van der Waals surface area contributed by atoms with E-state index in [0.29, 0.717) is 11.3 Å². The summed E-state index contributed by atoms with van der Waals surface area (Å²) in [5.41, 5.74) is 0.224. The van der Waals surface area contributed by atoms with Crippen LogP contribution in [0.5, 0.6) is 11.5 Å². The van der Waals surface area contributed by atoms with E-state index in [2.05, 4.69) is 0 Å². The van der Waals surface area contributed by atoms with E-state index in [1.165, 1.54) is 36.4 Å². The molecule has 0 aliphatic rings. The highest BCUT2D eigenvalue weighted by Gasteiger charge is 2.12. The third-order valence-electron chi connectivity index (χ3n) is 2.47. The van der Waals surface area contributed by atoms with Gasteiger partial charge in [-0.1, -0.05) is 6.07 Å². The lowest BCUT2D eigenvalue weighted by Crippen LogP contribution is -1.94. The van der Waals surface area contributed by atoms with Crippen molar-refractivity contribution in [2.45, 2.75) is 5.88 Å². The highest BCUT2D eigenvalue weighted by Crippen LogP contribution is 2.30. The van der Waals surface area contributed by atoms with E-state index in [1.807, 2.05) is 0 Å². The van der Waals surface area contributed by atoms with Gasteiger partial charge >= 0.3 is 0 Å². The molecular weight excluding hydrogens is 272 g/mol. The zero-order chi connectivity index (χ0) is 13.8. The average molecular weight is 280 g/mol.